The number of para-hydroxylation sites is 1. The van der Waals surface area contributed by atoms with Crippen molar-refractivity contribution in [3.63, 3.8) is 0 Å². The molecule has 1 fully saturated rings. The molecule has 1 aromatic rings. The molecule has 1 aliphatic heterocycles. The standard InChI is InChI=1S/C15H22N2O2/c1-12-10-17(9-8-16(12)2)11-14(18)13-6-4-5-7-15(13)19-3/h4-7,12H,8-11H2,1-3H3. The van der Waals surface area contributed by atoms with E-state index >= 15 is 0 Å². The van der Waals surface area contributed by atoms with Gasteiger partial charge in [0.1, 0.15) is 5.75 Å². The third kappa shape index (κ3) is 3.33. The first kappa shape index (κ1) is 14.0. The van der Waals surface area contributed by atoms with Gasteiger partial charge in [-0.05, 0) is 26.1 Å². The van der Waals surface area contributed by atoms with E-state index in [0.717, 1.165) is 19.6 Å². The highest BCUT2D eigenvalue weighted by atomic mass is 16.5. The van der Waals surface area contributed by atoms with E-state index in [-0.39, 0.29) is 5.78 Å². The second kappa shape index (κ2) is 6.17. The number of hydrogen-bond donors (Lipinski definition) is 0. The van der Waals surface area contributed by atoms with Crippen LogP contribution >= 0.6 is 0 Å². The van der Waals surface area contributed by atoms with Crippen molar-refractivity contribution in [2.24, 2.45) is 0 Å². The molecule has 0 amide bonds. The van der Waals surface area contributed by atoms with E-state index in [9.17, 15) is 4.79 Å². The number of rotatable bonds is 4. The molecular formula is C15H22N2O2. The first-order valence-electron chi connectivity index (χ1n) is 6.70. The number of benzene rings is 1. The van der Waals surface area contributed by atoms with Crippen LogP contribution in [0, 0.1) is 0 Å². The lowest BCUT2D eigenvalue weighted by Crippen LogP contribution is -2.51. The molecule has 0 bridgehead atoms. The largest absolute Gasteiger partial charge is 0.496 e. The number of piperazine rings is 1. The lowest BCUT2D eigenvalue weighted by Gasteiger charge is -2.37. The van der Waals surface area contributed by atoms with Gasteiger partial charge in [0, 0.05) is 25.7 Å². The Bertz CT molecular complexity index is 448. The summed E-state index contributed by atoms with van der Waals surface area (Å²) in [6, 6.07) is 7.93. The molecular weight excluding hydrogens is 240 g/mol. The predicted molar refractivity (Wildman–Crippen MR) is 75.9 cm³/mol. The zero-order valence-electron chi connectivity index (χ0n) is 11.9. The maximum absolute atomic E-state index is 12.3. The number of carbonyl (C=O) groups is 1. The molecule has 19 heavy (non-hydrogen) atoms. The van der Waals surface area contributed by atoms with Crippen molar-refractivity contribution in [2.45, 2.75) is 13.0 Å². The van der Waals surface area contributed by atoms with Gasteiger partial charge in [0.2, 0.25) is 0 Å². The van der Waals surface area contributed by atoms with Gasteiger partial charge in [-0.25, -0.2) is 0 Å². The summed E-state index contributed by atoms with van der Waals surface area (Å²) in [4.78, 5) is 16.9. The highest BCUT2D eigenvalue weighted by molar-refractivity contribution is 6.00. The van der Waals surface area contributed by atoms with Crippen LogP contribution in [0.4, 0.5) is 0 Å². The number of methoxy groups -OCH3 is 1. The van der Waals surface area contributed by atoms with Gasteiger partial charge in [0.25, 0.3) is 0 Å². The molecule has 0 aliphatic carbocycles. The minimum Gasteiger partial charge on any atom is -0.496 e. The molecule has 1 aromatic carbocycles. The molecule has 0 saturated carbocycles. The Morgan fingerprint density at radius 3 is 2.79 bits per heavy atom. The van der Waals surface area contributed by atoms with Gasteiger partial charge in [-0.2, -0.15) is 0 Å². The highest BCUT2D eigenvalue weighted by Gasteiger charge is 2.23. The van der Waals surface area contributed by atoms with Crippen LogP contribution in [0.2, 0.25) is 0 Å². The van der Waals surface area contributed by atoms with Gasteiger partial charge in [-0.15, -0.1) is 0 Å². The van der Waals surface area contributed by atoms with Crippen LogP contribution in [0.5, 0.6) is 5.75 Å². The number of nitrogens with zero attached hydrogens (tertiary/aromatic N) is 2. The summed E-state index contributed by atoms with van der Waals surface area (Å²) in [6.07, 6.45) is 0. The first-order chi connectivity index (χ1) is 9.11. The molecule has 4 nitrogen and oxygen atoms in total. The maximum Gasteiger partial charge on any atom is 0.180 e. The van der Waals surface area contributed by atoms with Crippen molar-refractivity contribution >= 4 is 5.78 Å². The first-order valence-corrected chi connectivity index (χ1v) is 6.70. The summed E-state index contributed by atoms with van der Waals surface area (Å²) in [5, 5.41) is 0. The Balaban J connectivity index is 2.01. The Kier molecular flexibility index (Phi) is 4.56. The van der Waals surface area contributed by atoms with E-state index < -0.39 is 0 Å². The summed E-state index contributed by atoms with van der Waals surface area (Å²) >= 11 is 0. The lowest BCUT2D eigenvalue weighted by atomic mass is 10.1. The topological polar surface area (TPSA) is 32.8 Å². The Hall–Kier alpha value is -1.39. The summed E-state index contributed by atoms with van der Waals surface area (Å²) in [6.45, 7) is 5.57. The van der Waals surface area contributed by atoms with E-state index in [2.05, 4.69) is 23.8 Å². The van der Waals surface area contributed by atoms with Crippen molar-refractivity contribution in [1.82, 2.24) is 9.80 Å². The monoisotopic (exact) mass is 262 g/mol. The average Bonchev–Trinajstić information content (AvgIpc) is 2.43. The van der Waals surface area contributed by atoms with Gasteiger partial charge in [0.05, 0.1) is 19.2 Å². The molecule has 0 spiro atoms. The number of likely N-dealkylation sites (N-methyl/N-ethyl adjacent to an activating group) is 1. The lowest BCUT2D eigenvalue weighted by molar-refractivity contribution is 0.0783. The molecule has 1 atom stereocenters. The van der Waals surface area contributed by atoms with Crippen LogP contribution in [0.3, 0.4) is 0 Å². The van der Waals surface area contributed by atoms with Crippen molar-refractivity contribution in [3.05, 3.63) is 29.8 Å². The molecule has 0 aromatic heterocycles. The van der Waals surface area contributed by atoms with Gasteiger partial charge in [-0.1, -0.05) is 12.1 Å². The van der Waals surface area contributed by atoms with Crippen LogP contribution in [0.1, 0.15) is 17.3 Å². The van der Waals surface area contributed by atoms with Gasteiger partial charge in [-0.3, -0.25) is 9.69 Å². The van der Waals surface area contributed by atoms with Gasteiger partial charge >= 0.3 is 0 Å². The second-order valence-corrected chi connectivity index (χ2v) is 5.19. The fraction of sp³-hybridized carbons (Fsp3) is 0.533. The Morgan fingerprint density at radius 1 is 1.37 bits per heavy atom. The third-order valence-corrected chi connectivity index (χ3v) is 3.82. The molecule has 0 N–H and O–H groups in total. The number of hydrogen-bond acceptors (Lipinski definition) is 4. The SMILES string of the molecule is COc1ccccc1C(=O)CN1CCN(C)C(C)C1. The van der Waals surface area contributed by atoms with E-state index in [1.807, 2.05) is 24.3 Å². The molecule has 0 radical (unpaired) electrons. The zero-order valence-corrected chi connectivity index (χ0v) is 11.9. The Labute approximate surface area is 115 Å². The van der Waals surface area contributed by atoms with Gasteiger partial charge < -0.3 is 9.64 Å². The zero-order chi connectivity index (χ0) is 13.8. The molecule has 1 aliphatic rings. The number of Topliss-reactive ketones (excluding diaryl/α,β-unsaturated/α-hetero) is 1. The minimum absolute atomic E-state index is 0.134. The smallest absolute Gasteiger partial charge is 0.180 e. The quantitative estimate of drug-likeness (QED) is 0.770. The van der Waals surface area contributed by atoms with E-state index in [1.165, 1.54) is 0 Å². The van der Waals surface area contributed by atoms with Crippen LogP contribution in [0.15, 0.2) is 24.3 Å². The summed E-state index contributed by atoms with van der Waals surface area (Å²) < 4.78 is 5.25. The van der Waals surface area contributed by atoms with Crippen molar-refractivity contribution in [3.8, 4) is 5.75 Å². The van der Waals surface area contributed by atoms with Crippen molar-refractivity contribution in [1.29, 1.82) is 0 Å². The van der Waals surface area contributed by atoms with E-state index in [0.29, 0.717) is 23.9 Å². The third-order valence-electron chi connectivity index (χ3n) is 3.82. The van der Waals surface area contributed by atoms with Crippen LogP contribution in [0.25, 0.3) is 0 Å². The normalized spacial score (nSPS) is 21.3. The van der Waals surface area contributed by atoms with E-state index in [1.54, 1.807) is 7.11 Å². The predicted octanol–water partition coefficient (Wildman–Crippen LogP) is 1.51. The van der Waals surface area contributed by atoms with E-state index in [4.69, 9.17) is 4.74 Å². The molecule has 1 heterocycles. The summed E-state index contributed by atoms with van der Waals surface area (Å²) in [5.74, 6) is 0.795. The Morgan fingerprint density at radius 2 is 2.11 bits per heavy atom. The van der Waals surface area contributed by atoms with Crippen LogP contribution in [-0.2, 0) is 0 Å². The average molecular weight is 262 g/mol. The van der Waals surface area contributed by atoms with Crippen LogP contribution < -0.4 is 4.74 Å². The van der Waals surface area contributed by atoms with Crippen molar-refractivity contribution < 1.29 is 9.53 Å². The molecule has 4 heteroatoms. The molecule has 1 saturated heterocycles. The number of ether oxygens (including phenoxy) is 1. The molecule has 2 rings (SSSR count). The maximum atomic E-state index is 12.3. The van der Waals surface area contributed by atoms with Crippen LogP contribution in [-0.4, -0.2) is 62.0 Å². The summed E-state index contributed by atoms with van der Waals surface area (Å²) in [5.41, 5.74) is 0.677. The summed E-state index contributed by atoms with van der Waals surface area (Å²) in [7, 11) is 3.73. The minimum atomic E-state index is 0.134. The fourth-order valence-electron chi connectivity index (χ4n) is 2.43. The number of carbonyl (C=O) groups excluding carboxylic acids is 1. The molecule has 104 valence electrons. The molecule has 1 unspecified atom stereocenters. The number of ketones is 1. The fourth-order valence-corrected chi connectivity index (χ4v) is 2.43. The second-order valence-electron chi connectivity index (χ2n) is 5.19. The highest BCUT2D eigenvalue weighted by Crippen LogP contribution is 2.18. The van der Waals surface area contributed by atoms with Gasteiger partial charge in [0.15, 0.2) is 5.78 Å². The van der Waals surface area contributed by atoms with Crippen molar-refractivity contribution in [2.75, 3.05) is 40.3 Å².